The Hall–Kier alpha value is -1.13. The summed E-state index contributed by atoms with van der Waals surface area (Å²) in [4.78, 5) is 11.1. The predicted octanol–water partition coefficient (Wildman–Crippen LogP) is 1.71. The molecule has 0 aromatic rings. The summed E-state index contributed by atoms with van der Waals surface area (Å²) < 4.78 is 15.4. The summed E-state index contributed by atoms with van der Waals surface area (Å²) in [5, 5.41) is 0. The Morgan fingerprint density at radius 2 is 2.00 bits per heavy atom. The Balaban J connectivity index is 3.43. The minimum atomic E-state index is -0.390. The van der Waals surface area contributed by atoms with E-state index in [0.717, 1.165) is 0 Å². The summed E-state index contributed by atoms with van der Waals surface area (Å²) in [6.45, 7) is 12.3. The molecule has 0 spiro atoms. The van der Waals surface area contributed by atoms with Crippen LogP contribution in [0.1, 0.15) is 13.8 Å². The van der Waals surface area contributed by atoms with Gasteiger partial charge in [0.1, 0.15) is 6.10 Å². The number of esters is 1. The Kier molecular flexibility index (Phi) is 8.48. The lowest BCUT2D eigenvalue weighted by Gasteiger charge is -2.13. The van der Waals surface area contributed by atoms with E-state index in [4.69, 9.17) is 14.2 Å². The maximum atomic E-state index is 11.1. The van der Waals surface area contributed by atoms with Gasteiger partial charge in [-0.05, 0) is 13.8 Å². The molecule has 4 nitrogen and oxygen atoms in total. The lowest BCUT2D eigenvalue weighted by molar-refractivity contribution is -0.146. The molecule has 0 heterocycles. The Labute approximate surface area is 96.9 Å². The molecular formula is C12H20O4. The third-order valence-electron chi connectivity index (χ3n) is 1.62. The number of hydrogen-bond acceptors (Lipinski definition) is 4. The van der Waals surface area contributed by atoms with Crippen molar-refractivity contribution in [2.45, 2.75) is 20.0 Å². The van der Waals surface area contributed by atoms with E-state index < -0.39 is 0 Å². The molecule has 0 fully saturated rings. The van der Waals surface area contributed by atoms with Crippen molar-refractivity contribution in [3.63, 3.8) is 0 Å². The maximum absolute atomic E-state index is 11.1. The summed E-state index contributed by atoms with van der Waals surface area (Å²) in [6.07, 6.45) is 1.40. The van der Waals surface area contributed by atoms with Crippen molar-refractivity contribution in [3.05, 3.63) is 24.8 Å². The van der Waals surface area contributed by atoms with E-state index in [1.807, 2.05) is 0 Å². The topological polar surface area (TPSA) is 44.8 Å². The number of hydrogen-bond donors (Lipinski definition) is 0. The molecule has 0 bridgehead atoms. The predicted molar refractivity (Wildman–Crippen MR) is 62.2 cm³/mol. The second-order valence-corrected chi connectivity index (χ2v) is 3.43. The van der Waals surface area contributed by atoms with Gasteiger partial charge >= 0.3 is 5.97 Å². The molecule has 1 atom stereocenters. The number of carbonyl (C=O) groups is 1. The minimum Gasteiger partial charge on any atom is -0.457 e. The van der Waals surface area contributed by atoms with Crippen LogP contribution < -0.4 is 0 Å². The van der Waals surface area contributed by atoms with Gasteiger partial charge in [-0.3, -0.25) is 0 Å². The first kappa shape index (κ1) is 14.9. The van der Waals surface area contributed by atoms with Crippen LogP contribution in [0.25, 0.3) is 0 Å². The van der Waals surface area contributed by atoms with E-state index in [1.54, 1.807) is 19.9 Å². The molecule has 0 rings (SSSR count). The van der Waals surface area contributed by atoms with Gasteiger partial charge in [-0.15, -0.1) is 6.58 Å². The summed E-state index contributed by atoms with van der Waals surface area (Å²) in [5.74, 6) is -0.390. The first-order valence-corrected chi connectivity index (χ1v) is 5.20. The van der Waals surface area contributed by atoms with Crippen molar-refractivity contribution in [1.82, 2.24) is 0 Å². The molecule has 0 radical (unpaired) electrons. The van der Waals surface area contributed by atoms with Gasteiger partial charge in [0.25, 0.3) is 0 Å². The van der Waals surface area contributed by atoms with E-state index in [1.165, 1.54) is 0 Å². The van der Waals surface area contributed by atoms with Crippen LogP contribution in [-0.2, 0) is 19.0 Å². The zero-order valence-electron chi connectivity index (χ0n) is 10.0. The molecule has 4 heteroatoms. The lowest BCUT2D eigenvalue weighted by Crippen LogP contribution is -2.21. The average Bonchev–Trinajstić information content (AvgIpc) is 2.23. The Morgan fingerprint density at radius 3 is 2.56 bits per heavy atom. The first-order chi connectivity index (χ1) is 7.57. The molecule has 16 heavy (non-hydrogen) atoms. The van der Waals surface area contributed by atoms with Gasteiger partial charge in [0.15, 0.2) is 0 Å². The lowest BCUT2D eigenvalue weighted by atomic mass is 10.3. The largest absolute Gasteiger partial charge is 0.457 e. The fraction of sp³-hybridized carbons (Fsp3) is 0.583. The summed E-state index contributed by atoms with van der Waals surface area (Å²) in [6, 6.07) is 0. The molecule has 1 unspecified atom stereocenters. The Bertz CT molecular complexity index is 235. The fourth-order valence-corrected chi connectivity index (χ4v) is 0.851. The van der Waals surface area contributed by atoms with Crippen molar-refractivity contribution in [2.75, 3.05) is 26.4 Å². The van der Waals surface area contributed by atoms with Crippen LogP contribution in [0, 0.1) is 0 Å². The van der Waals surface area contributed by atoms with Gasteiger partial charge in [-0.1, -0.05) is 12.7 Å². The molecule has 0 amide bonds. The molecule has 0 aliphatic carbocycles. The van der Waals surface area contributed by atoms with Crippen LogP contribution in [0.5, 0.6) is 0 Å². The number of carbonyl (C=O) groups excluding carboxylic acids is 1. The molecule has 0 aliphatic rings. The van der Waals surface area contributed by atoms with E-state index in [2.05, 4.69) is 13.2 Å². The van der Waals surface area contributed by atoms with Gasteiger partial charge in [0.05, 0.1) is 26.4 Å². The first-order valence-electron chi connectivity index (χ1n) is 5.20. The standard InChI is InChI=1S/C12H20O4/c1-5-6-14-7-8-15-9-11(4)16-12(13)10(2)3/h5,11H,1-2,6-9H2,3-4H3. The van der Waals surface area contributed by atoms with Gasteiger partial charge in [0, 0.05) is 5.57 Å². The van der Waals surface area contributed by atoms with Crippen LogP contribution in [0.3, 0.4) is 0 Å². The molecule has 0 aliphatic heterocycles. The average molecular weight is 228 g/mol. The summed E-state index contributed by atoms with van der Waals surface area (Å²) in [5.41, 5.74) is 0.390. The highest BCUT2D eigenvalue weighted by atomic mass is 16.6. The van der Waals surface area contributed by atoms with Gasteiger partial charge in [0.2, 0.25) is 0 Å². The zero-order chi connectivity index (χ0) is 12.4. The van der Waals surface area contributed by atoms with Crippen LogP contribution in [0.2, 0.25) is 0 Å². The van der Waals surface area contributed by atoms with Crippen LogP contribution in [0.15, 0.2) is 24.8 Å². The van der Waals surface area contributed by atoms with E-state index in [9.17, 15) is 4.79 Å². The highest BCUT2D eigenvalue weighted by molar-refractivity contribution is 5.87. The number of rotatable bonds is 9. The van der Waals surface area contributed by atoms with Crippen LogP contribution >= 0.6 is 0 Å². The second-order valence-electron chi connectivity index (χ2n) is 3.43. The monoisotopic (exact) mass is 228 g/mol. The Morgan fingerprint density at radius 1 is 1.38 bits per heavy atom. The summed E-state index contributed by atoms with van der Waals surface area (Å²) in [7, 11) is 0. The van der Waals surface area contributed by atoms with Crippen molar-refractivity contribution in [2.24, 2.45) is 0 Å². The van der Waals surface area contributed by atoms with E-state index in [0.29, 0.717) is 32.0 Å². The van der Waals surface area contributed by atoms with Crippen LogP contribution in [-0.4, -0.2) is 38.5 Å². The minimum absolute atomic E-state index is 0.274. The normalized spacial score (nSPS) is 11.9. The van der Waals surface area contributed by atoms with Gasteiger partial charge in [-0.2, -0.15) is 0 Å². The second kappa shape index (κ2) is 9.12. The van der Waals surface area contributed by atoms with Gasteiger partial charge < -0.3 is 14.2 Å². The third-order valence-corrected chi connectivity index (χ3v) is 1.62. The molecule has 0 saturated carbocycles. The SMILES string of the molecule is C=CCOCCOCC(C)OC(=O)C(=C)C. The summed E-state index contributed by atoms with van der Waals surface area (Å²) >= 11 is 0. The van der Waals surface area contributed by atoms with E-state index >= 15 is 0 Å². The smallest absolute Gasteiger partial charge is 0.333 e. The highest BCUT2D eigenvalue weighted by Crippen LogP contribution is 1.98. The number of ether oxygens (including phenoxy) is 3. The molecule has 92 valence electrons. The molecule has 0 aromatic carbocycles. The molecule has 0 aromatic heterocycles. The zero-order valence-corrected chi connectivity index (χ0v) is 10.0. The van der Waals surface area contributed by atoms with Crippen molar-refractivity contribution in [1.29, 1.82) is 0 Å². The molecule has 0 N–H and O–H groups in total. The van der Waals surface area contributed by atoms with Crippen LogP contribution in [0.4, 0.5) is 0 Å². The van der Waals surface area contributed by atoms with Gasteiger partial charge in [-0.25, -0.2) is 4.79 Å². The van der Waals surface area contributed by atoms with Crippen molar-refractivity contribution >= 4 is 5.97 Å². The fourth-order valence-electron chi connectivity index (χ4n) is 0.851. The maximum Gasteiger partial charge on any atom is 0.333 e. The molecule has 0 saturated heterocycles. The van der Waals surface area contributed by atoms with Crippen molar-refractivity contribution in [3.8, 4) is 0 Å². The highest BCUT2D eigenvalue weighted by Gasteiger charge is 2.09. The quantitative estimate of drug-likeness (QED) is 0.261. The van der Waals surface area contributed by atoms with Crippen molar-refractivity contribution < 1.29 is 19.0 Å². The third kappa shape index (κ3) is 8.20. The molecular weight excluding hydrogens is 208 g/mol. The van der Waals surface area contributed by atoms with E-state index in [-0.39, 0.29) is 12.1 Å².